The van der Waals surface area contributed by atoms with Crippen molar-refractivity contribution >= 4 is 41.5 Å². The Morgan fingerprint density at radius 2 is 2.03 bits per heavy atom. The average Bonchev–Trinajstić information content (AvgIpc) is 3.35. The number of aryl methyl sites for hydroxylation is 1. The van der Waals surface area contributed by atoms with Gasteiger partial charge in [0.15, 0.2) is 0 Å². The number of tetrazole rings is 1. The van der Waals surface area contributed by atoms with Gasteiger partial charge in [0.25, 0.3) is 5.91 Å². The van der Waals surface area contributed by atoms with Crippen molar-refractivity contribution in [3.8, 4) is 0 Å². The van der Waals surface area contributed by atoms with Crippen LogP contribution in [0.15, 0.2) is 40.9 Å². The summed E-state index contributed by atoms with van der Waals surface area (Å²) >= 11 is 1.30. The molecular formula is C20H20N8O6S. The second-order valence-corrected chi connectivity index (χ2v) is 9.12. The Morgan fingerprint density at radius 1 is 1.29 bits per heavy atom. The lowest BCUT2D eigenvalue weighted by Gasteiger charge is -2.52. The van der Waals surface area contributed by atoms with Crippen LogP contribution in [0, 0.1) is 5.92 Å². The summed E-state index contributed by atoms with van der Waals surface area (Å²) in [5.74, 6) is -0.828. The number of piperidine rings is 1. The third kappa shape index (κ3) is 3.82. The second kappa shape index (κ2) is 8.57. The molecule has 2 saturated heterocycles. The van der Waals surface area contributed by atoms with Gasteiger partial charge in [-0.2, -0.15) is 0 Å². The molecule has 0 aliphatic carbocycles. The van der Waals surface area contributed by atoms with E-state index in [0.717, 1.165) is 0 Å². The van der Waals surface area contributed by atoms with E-state index in [2.05, 4.69) is 20.8 Å². The van der Waals surface area contributed by atoms with Crippen LogP contribution in [0.1, 0.15) is 16.8 Å². The molecule has 1 aromatic heterocycles. The van der Waals surface area contributed by atoms with E-state index in [1.54, 1.807) is 19.2 Å². The minimum absolute atomic E-state index is 0.000626. The quantitative estimate of drug-likeness (QED) is 0.286. The number of carbonyl (C=O) groups excluding carboxylic acids is 3. The molecule has 3 atom stereocenters. The maximum absolute atomic E-state index is 13.1. The van der Waals surface area contributed by atoms with Crippen molar-refractivity contribution in [2.24, 2.45) is 18.7 Å². The summed E-state index contributed by atoms with van der Waals surface area (Å²) < 4.78 is 6.52. The Bertz CT molecular complexity index is 1260. The third-order valence-electron chi connectivity index (χ3n) is 6.29. The lowest BCUT2D eigenvalue weighted by atomic mass is 9.78. The van der Waals surface area contributed by atoms with Crippen LogP contribution >= 0.6 is 11.8 Å². The number of β-lactam (4-membered cyclic amide) rings is 1. The number of urea groups is 1. The number of nitrogens with zero attached hydrogens (tertiary/aromatic N) is 6. The summed E-state index contributed by atoms with van der Waals surface area (Å²) in [6, 6.07) is 4.45. The maximum atomic E-state index is 13.1. The predicted molar refractivity (Wildman–Crippen MR) is 119 cm³/mol. The van der Waals surface area contributed by atoms with Gasteiger partial charge >= 0.3 is 12.2 Å². The first-order valence-corrected chi connectivity index (χ1v) is 11.5. The van der Waals surface area contributed by atoms with Gasteiger partial charge in [-0.15, -0.1) is 5.10 Å². The fourth-order valence-electron chi connectivity index (χ4n) is 4.72. The van der Waals surface area contributed by atoms with E-state index in [0.29, 0.717) is 34.2 Å². The first-order valence-electron chi connectivity index (χ1n) is 10.6. The number of nitrogens with two attached hydrogens (primary N) is 1. The van der Waals surface area contributed by atoms with Crippen molar-refractivity contribution in [3.63, 3.8) is 0 Å². The number of ether oxygens (including phenoxy) is 1. The summed E-state index contributed by atoms with van der Waals surface area (Å²) in [7, 11) is 1.69. The molecule has 4 amide bonds. The molecule has 4 heterocycles. The van der Waals surface area contributed by atoms with Gasteiger partial charge < -0.3 is 25.8 Å². The van der Waals surface area contributed by atoms with Crippen molar-refractivity contribution < 1.29 is 29.0 Å². The van der Waals surface area contributed by atoms with Crippen LogP contribution in [0.5, 0.6) is 0 Å². The van der Waals surface area contributed by atoms with Crippen molar-refractivity contribution in [2.75, 3.05) is 17.6 Å². The molecule has 35 heavy (non-hydrogen) atoms. The van der Waals surface area contributed by atoms with Crippen molar-refractivity contribution in [2.45, 2.75) is 23.7 Å². The van der Waals surface area contributed by atoms with Crippen molar-refractivity contribution in [3.05, 3.63) is 41.3 Å². The van der Waals surface area contributed by atoms with E-state index in [1.165, 1.54) is 38.4 Å². The maximum Gasteiger partial charge on any atom is 0.512 e. The molecule has 0 radical (unpaired) electrons. The Hall–Kier alpha value is -4.14. The number of likely N-dealkylation sites (tertiary alicyclic amines) is 1. The minimum Gasteiger partial charge on any atom is -0.449 e. The Morgan fingerprint density at radius 3 is 2.66 bits per heavy atom. The summed E-state index contributed by atoms with van der Waals surface area (Å²) in [6.45, 7) is 0.288. The standard InChI is InChI=1S/C20H20N8O6S/c1-26-19(23-24-25-26)35-8-12-11-6-7-27(14-13(11)28(16(14)30)17(12)34-20(32)33)18(31)22-10-4-2-9(3-5-10)15(21)29/h2-5,11,13-14H,6-8H2,1H3,(H2,21,29)(H,22,31)(H,32,33)/t11?,13-,14+/m1/s1. The lowest BCUT2D eigenvalue weighted by molar-refractivity contribution is -0.160. The highest BCUT2D eigenvalue weighted by molar-refractivity contribution is 7.99. The van der Waals surface area contributed by atoms with Crippen LogP contribution < -0.4 is 11.1 Å². The summed E-state index contributed by atoms with van der Waals surface area (Å²) in [4.78, 5) is 51.5. The van der Waals surface area contributed by atoms with Gasteiger partial charge in [0.2, 0.25) is 16.9 Å². The summed E-state index contributed by atoms with van der Waals surface area (Å²) in [5.41, 5.74) is 6.66. The molecule has 3 aliphatic heterocycles. The zero-order valence-electron chi connectivity index (χ0n) is 18.3. The minimum atomic E-state index is -1.52. The lowest BCUT2D eigenvalue weighted by Crippen LogP contribution is -2.73. The normalized spacial score (nSPS) is 22.5. The molecule has 182 valence electrons. The number of carboxylic acid groups (broad SMARTS) is 1. The highest BCUT2D eigenvalue weighted by atomic mass is 32.2. The summed E-state index contributed by atoms with van der Waals surface area (Å²) in [5, 5.41) is 23.8. The zero-order valence-corrected chi connectivity index (χ0v) is 19.1. The van der Waals surface area contributed by atoms with Gasteiger partial charge in [-0.05, 0) is 41.1 Å². The smallest absolute Gasteiger partial charge is 0.449 e. The second-order valence-electron chi connectivity index (χ2n) is 8.18. The largest absolute Gasteiger partial charge is 0.512 e. The molecule has 0 spiro atoms. The van der Waals surface area contributed by atoms with Crippen LogP contribution in [-0.4, -0.2) is 83.5 Å². The van der Waals surface area contributed by atoms with Crippen molar-refractivity contribution in [1.82, 2.24) is 30.0 Å². The number of aromatic nitrogens is 4. The number of hydrogen-bond donors (Lipinski definition) is 3. The van der Waals surface area contributed by atoms with Crippen LogP contribution in [-0.2, 0) is 16.6 Å². The topological polar surface area (TPSA) is 186 Å². The zero-order chi connectivity index (χ0) is 24.9. The number of anilines is 1. The van der Waals surface area contributed by atoms with Gasteiger partial charge in [-0.3, -0.25) is 14.5 Å². The molecule has 2 aromatic rings. The SMILES string of the molecule is Cn1nnnc1SCC1=C(OC(=O)O)N2C(=O)[C@@H]3[C@H]2C1CCN3C(=O)Nc1ccc(C(N)=O)cc1. The van der Waals surface area contributed by atoms with Crippen LogP contribution in [0.4, 0.5) is 15.3 Å². The average molecular weight is 500 g/mol. The van der Waals surface area contributed by atoms with E-state index < -0.39 is 36.1 Å². The van der Waals surface area contributed by atoms with E-state index in [9.17, 15) is 24.3 Å². The van der Waals surface area contributed by atoms with E-state index in [1.807, 2.05) is 0 Å². The number of benzene rings is 1. The highest BCUT2D eigenvalue weighted by Crippen LogP contribution is 2.50. The van der Waals surface area contributed by atoms with Gasteiger partial charge in [-0.25, -0.2) is 14.3 Å². The number of hydrogen-bond acceptors (Lipinski definition) is 9. The van der Waals surface area contributed by atoms with E-state index >= 15 is 0 Å². The Labute approximate surface area is 202 Å². The number of thioether (sulfide) groups is 1. The van der Waals surface area contributed by atoms with Crippen LogP contribution in [0.3, 0.4) is 0 Å². The Kier molecular flexibility index (Phi) is 5.55. The van der Waals surface area contributed by atoms with Crippen LogP contribution in [0.25, 0.3) is 0 Å². The highest BCUT2D eigenvalue weighted by Gasteiger charge is 2.64. The molecule has 1 unspecified atom stereocenters. The predicted octanol–water partition coefficient (Wildman–Crippen LogP) is 0.454. The molecule has 4 N–H and O–H groups in total. The fourth-order valence-corrected chi connectivity index (χ4v) is 5.66. The fraction of sp³-hybridized carbons (Fsp3) is 0.350. The van der Waals surface area contributed by atoms with Gasteiger partial charge in [0, 0.05) is 42.1 Å². The molecule has 5 rings (SSSR count). The first-order chi connectivity index (χ1) is 16.8. The monoisotopic (exact) mass is 500 g/mol. The number of amides is 4. The molecule has 1 aromatic carbocycles. The number of carbonyl (C=O) groups is 4. The van der Waals surface area contributed by atoms with Gasteiger partial charge in [0.1, 0.15) is 6.04 Å². The molecule has 14 nitrogen and oxygen atoms in total. The molecule has 0 saturated carbocycles. The van der Waals surface area contributed by atoms with E-state index in [-0.39, 0.29) is 18.3 Å². The number of primary amides is 1. The van der Waals surface area contributed by atoms with Gasteiger partial charge in [0.05, 0.1) is 6.04 Å². The molecule has 2 fully saturated rings. The molecule has 15 heteroatoms. The number of rotatable bonds is 6. The summed E-state index contributed by atoms with van der Waals surface area (Å²) in [6.07, 6.45) is -1.01. The number of nitrogens with one attached hydrogen (secondary N) is 1. The molecule has 0 bridgehead atoms. The molecular weight excluding hydrogens is 480 g/mol. The van der Waals surface area contributed by atoms with Gasteiger partial charge in [-0.1, -0.05) is 11.8 Å². The first kappa shape index (κ1) is 22.6. The van der Waals surface area contributed by atoms with E-state index in [4.69, 9.17) is 10.5 Å². The third-order valence-corrected chi connectivity index (χ3v) is 7.35. The Balaban J connectivity index is 1.34. The molecule has 3 aliphatic rings. The van der Waals surface area contributed by atoms with Crippen molar-refractivity contribution in [1.29, 1.82) is 0 Å². The van der Waals surface area contributed by atoms with Crippen LogP contribution in [0.2, 0.25) is 0 Å².